The van der Waals surface area contributed by atoms with Crippen LogP contribution >= 0.6 is 39.0 Å². The quantitative estimate of drug-likeness (QED) is 0.461. The molecule has 0 fully saturated rings. The molecule has 4 nitrogen and oxygen atoms in total. The van der Waals surface area contributed by atoms with Gasteiger partial charge in [0.2, 0.25) is 0 Å². The van der Waals surface area contributed by atoms with E-state index in [1.165, 1.54) is 17.4 Å². The number of hydrogen-bond donors (Lipinski definition) is 0. The van der Waals surface area contributed by atoms with Crippen LogP contribution in [0.3, 0.4) is 0 Å². The molecule has 0 aliphatic rings. The van der Waals surface area contributed by atoms with Crippen LogP contribution < -0.4 is 0 Å². The summed E-state index contributed by atoms with van der Waals surface area (Å²) in [4.78, 5) is 12.6. The van der Waals surface area contributed by atoms with Gasteiger partial charge < -0.3 is 4.42 Å². The number of carbonyl (C=O) groups excluding carboxylic acids is 1. The molecule has 0 bridgehead atoms. The first-order chi connectivity index (χ1) is 10.6. The molecule has 0 spiro atoms. The van der Waals surface area contributed by atoms with Crippen LogP contribution in [0.1, 0.15) is 9.67 Å². The standard InChI is InChI=1S/C14H8BrFN2O2S2/c15-12-6-5-11(22-12)10(19)7-21-14-18-17-13(20-14)8-3-1-2-4-9(8)16/h1-6H,7H2. The first kappa shape index (κ1) is 15.4. The first-order valence-electron chi connectivity index (χ1n) is 6.13. The van der Waals surface area contributed by atoms with Crippen molar-refractivity contribution in [1.29, 1.82) is 0 Å². The Morgan fingerprint density at radius 1 is 1.27 bits per heavy atom. The fourth-order valence-corrected chi connectivity index (χ4v) is 3.74. The summed E-state index contributed by atoms with van der Waals surface area (Å²) in [6.07, 6.45) is 0. The number of hydrogen-bond acceptors (Lipinski definition) is 6. The fourth-order valence-electron chi connectivity index (χ4n) is 1.67. The van der Waals surface area contributed by atoms with Gasteiger partial charge in [0.1, 0.15) is 5.82 Å². The Kier molecular flexibility index (Phi) is 4.70. The molecule has 0 atom stereocenters. The molecule has 2 heterocycles. The summed E-state index contributed by atoms with van der Waals surface area (Å²) >= 11 is 5.82. The van der Waals surface area contributed by atoms with E-state index in [1.807, 2.05) is 6.07 Å². The van der Waals surface area contributed by atoms with Crippen molar-refractivity contribution in [2.75, 3.05) is 5.75 Å². The highest BCUT2D eigenvalue weighted by molar-refractivity contribution is 9.11. The van der Waals surface area contributed by atoms with Gasteiger partial charge in [0.05, 0.1) is 20.0 Å². The van der Waals surface area contributed by atoms with E-state index in [-0.39, 0.29) is 28.2 Å². The SMILES string of the molecule is O=C(CSc1nnc(-c2ccccc2F)o1)c1ccc(Br)s1. The summed E-state index contributed by atoms with van der Waals surface area (Å²) in [5.41, 5.74) is 0.246. The van der Waals surface area contributed by atoms with Crippen LogP contribution in [0, 0.1) is 5.82 Å². The number of nitrogens with zero attached hydrogens (tertiary/aromatic N) is 2. The molecule has 0 aliphatic heterocycles. The van der Waals surface area contributed by atoms with Crippen LogP contribution in [0.2, 0.25) is 0 Å². The van der Waals surface area contributed by atoms with Crippen molar-refractivity contribution in [3.8, 4) is 11.5 Å². The summed E-state index contributed by atoms with van der Waals surface area (Å²) in [5.74, 6) is -0.160. The maximum atomic E-state index is 13.6. The summed E-state index contributed by atoms with van der Waals surface area (Å²) in [6, 6.07) is 9.74. The monoisotopic (exact) mass is 398 g/mol. The van der Waals surface area contributed by atoms with Crippen molar-refractivity contribution < 1.29 is 13.6 Å². The molecule has 1 aromatic carbocycles. The van der Waals surface area contributed by atoms with E-state index in [4.69, 9.17) is 4.42 Å². The van der Waals surface area contributed by atoms with Gasteiger partial charge in [0, 0.05) is 0 Å². The molecule has 0 saturated carbocycles. The average molecular weight is 399 g/mol. The third kappa shape index (κ3) is 3.45. The smallest absolute Gasteiger partial charge is 0.277 e. The van der Waals surface area contributed by atoms with Gasteiger partial charge in [-0.25, -0.2) is 4.39 Å². The highest BCUT2D eigenvalue weighted by Crippen LogP contribution is 2.27. The molecule has 0 amide bonds. The van der Waals surface area contributed by atoms with Crippen LogP contribution in [0.15, 0.2) is 49.8 Å². The minimum Gasteiger partial charge on any atom is -0.411 e. The molecular formula is C14H8BrFN2O2S2. The second kappa shape index (κ2) is 6.72. The highest BCUT2D eigenvalue weighted by Gasteiger charge is 2.15. The molecule has 0 unspecified atom stereocenters. The maximum Gasteiger partial charge on any atom is 0.277 e. The molecule has 112 valence electrons. The van der Waals surface area contributed by atoms with Gasteiger partial charge in [-0.1, -0.05) is 23.9 Å². The third-order valence-electron chi connectivity index (χ3n) is 2.69. The molecule has 22 heavy (non-hydrogen) atoms. The molecular weight excluding hydrogens is 391 g/mol. The van der Waals surface area contributed by atoms with E-state index < -0.39 is 5.82 Å². The van der Waals surface area contributed by atoms with E-state index in [1.54, 1.807) is 24.3 Å². The average Bonchev–Trinajstić information content (AvgIpc) is 3.14. The lowest BCUT2D eigenvalue weighted by atomic mass is 10.2. The van der Waals surface area contributed by atoms with E-state index in [9.17, 15) is 9.18 Å². The van der Waals surface area contributed by atoms with Crippen molar-refractivity contribution in [2.24, 2.45) is 0 Å². The largest absolute Gasteiger partial charge is 0.411 e. The van der Waals surface area contributed by atoms with Crippen molar-refractivity contribution in [3.05, 3.63) is 50.9 Å². The normalized spacial score (nSPS) is 10.8. The predicted molar refractivity (Wildman–Crippen MR) is 86.8 cm³/mol. The number of thioether (sulfide) groups is 1. The second-order valence-corrected chi connectivity index (χ2v) is 7.56. The Hall–Kier alpha value is -1.51. The molecule has 3 aromatic rings. The van der Waals surface area contributed by atoms with Gasteiger partial charge >= 0.3 is 0 Å². The van der Waals surface area contributed by atoms with Crippen molar-refractivity contribution in [2.45, 2.75) is 5.22 Å². The predicted octanol–water partition coefficient (Wildman–Crippen LogP) is 4.67. The minimum atomic E-state index is -0.429. The second-order valence-electron chi connectivity index (χ2n) is 4.17. The zero-order chi connectivity index (χ0) is 15.5. The Bertz CT molecular complexity index is 819. The van der Waals surface area contributed by atoms with Crippen LogP contribution in [-0.2, 0) is 0 Å². The Labute approximate surface area is 141 Å². The molecule has 8 heteroatoms. The summed E-state index contributed by atoms with van der Waals surface area (Å²) in [5, 5.41) is 7.87. The number of halogens is 2. The van der Waals surface area contributed by atoms with Gasteiger partial charge in [0.25, 0.3) is 11.1 Å². The van der Waals surface area contributed by atoms with Crippen LogP contribution in [-0.4, -0.2) is 21.7 Å². The Morgan fingerprint density at radius 2 is 2.09 bits per heavy atom. The fraction of sp³-hybridized carbons (Fsp3) is 0.0714. The summed E-state index contributed by atoms with van der Waals surface area (Å²) < 4.78 is 19.9. The van der Waals surface area contributed by atoms with E-state index in [0.29, 0.717) is 4.88 Å². The van der Waals surface area contributed by atoms with E-state index in [0.717, 1.165) is 15.5 Å². The summed E-state index contributed by atoms with van der Waals surface area (Å²) in [6.45, 7) is 0. The highest BCUT2D eigenvalue weighted by atomic mass is 79.9. The molecule has 3 rings (SSSR count). The lowest BCUT2D eigenvalue weighted by Gasteiger charge is -1.96. The van der Waals surface area contributed by atoms with Crippen molar-refractivity contribution in [1.82, 2.24) is 10.2 Å². The van der Waals surface area contributed by atoms with E-state index in [2.05, 4.69) is 26.1 Å². The van der Waals surface area contributed by atoms with Gasteiger partial charge in [0.15, 0.2) is 5.78 Å². The van der Waals surface area contributed by atoms with E-state index >= 15 is 0 Å². The maximum absolute atomic E-state index is 13.6. The number of Topliss-reactive ketones (excluding diaryl/α,β-unsaturated/α-hetero) is 1. The van der Waals surface area contributed by atoms with Crippen LogP contribution in [0.5, 0.6) is 0 Å². The Morgan fingerprint density at radius 3 is 2.82 bits per heavy atom. The number of carbonyl (C=O) groups is 1. The van der Waals surface area contributed by atoms with Gasteiger partial charge in [-0.15, -0.1) is 21.5 Å². The molecule has 0 saturated heterocycles. The molecule has 0 aliphatic carbocycles. The topological polar surface area (TPSA) is 56.0 Å². The zero-order valence-electron chi connectivity index (χ0n) is 11.0. The Balaban J connectivity index is 1.67. The van der Waals surface area contributed by atoms with Gasteiger partial charge in [-0.2, -0.15) is 0 Å². The number of rotatable bonds is 5. The third-order valence-corrected chi connectivity index (χ3v) is 5.17. The number of benzene rings is 1. The first-order valence-corrected chi connectivity index (χ1v) is 8.73. The molecule has 2 aromatic heterocycles. The minimum absolute atomic E-state index is 0.0219. The van der Waals surface area contributed by atoms with Crippen molar-refractivity contribution >= 4 is 44.8 Å². The van der Waals surface area contributed by atoms with Gasteiger partial charge in [-0.3, -0.25) is 4.79 Å². The van der Waals surface area contributed by atoms with Crippen LogP contribution in [0.25, 0.3) is 11.5 Å². The van der Waals surface area contributed by atoms with Crippen molar-refractivity contribution in [3.63, 3.8) is 0 Å². The molecule has 0 N–H and O–H groups in total. The number of ketones is 1. The summed E-state index contributed by atoms with van der Waals surface area (Å²) in [7, 11) is 0. The zero-order valence-corrected chi connectivity index (χ0v) is 14.2. The number of thiophene rings is 1. The van der Waals surface area contributed by atoms with Gasteiger partial charge in [-0.05, 0) is 40.2 Å². The lowest BCUT2D eigenvalue weighted by molar-refractivity contribution is 0.102. The molecule has 0 radical (unpaired) electrons. The lowest BCUT2D eigenvalue weighted by Crippen LogP contribution is -1.98. The van der Waals surface area contributed by atoms with Crippen LogP contribution in [0.4, 0.5) is 4.39 Å². The number of aromatic nitrogens is 2.